The van der Waals surface area contributed by atoms with Crippen LogP contribution in [-0.4, -0.2) is 22.9 Å². The predicted molar refractivity (Wildman–Crippen MR) is 66.9 cm³/mol. The van der Waals surface area contributed by atoms with E-state index in [9.17, 15) is 13.2 Å². The second-order valence-corrected chi connectivity index (χ2v) is 4.37. The first-order valence-corrected chi connectivity index (χ1v) is 6.16. The third-order valence-electron chi connectivity index (χ3n) is 2.71. The summed E-state index contributed by atoms with van der Waals surface area (Å²) in [7, 11) is 0. The minimum absolute atomic E-state index is 0.0570. The highest BCUT2D eigenvalue weighted by molar-refractivity contribution is 5.54. The first-order valence-electron chi connectivity index (χ1n) is 6.16. The number of halogens is 3. The van der Waals surface area contributed by atoms with Crippen LogP contribution in [-0.2, 0) is 12.8 Å². The van der Waals surface area contributed by atoms with E-state index < -0.39 is 12.6 Å². The molecule has 0 fully saturated rings. The SMILES string of the molecule is NCCc1cccc(-c2nc(CCC(F)(F)F)no2)c1. The van der Waals surface area contributed by atoms with Gasteiger partial charge in [-0.2, -0.15) is 18.2 Å². The van der Waals surface area contributed by atoms with Crippen molar-refractivity contribution in [2.75, 3.05) is 6.54 Å². The van der Waals surface area contributed by atoms with Crippen LogP contribution in [0.1, 0.15) is 17.8 Å². The summed E-state index contributed by atoms with van der Waals surface area (Å²) in [6.07, 6.45) is -4.75. The maximum atomic E-state index is 12.1. The summed E-state index contributed by atoms with van der Waals surface area (Å²) in [6, 6.07) is 7.34. The summed E-state index contributed by atoms with van der Waals surface area (Å²) >= 11 is 0. The van der Waals surface area contributed by atoms with Gasteiger partial charge in [-0.25, -0.2) is 0 Å². The summed E-state index contributed by atoms with van der Waals surface area (Å²) < 4.78 is 41.3. The van der Waals surface area contributed by atoms with Crippen LogP contribution in [0.2, 0.25) is 0 Å². The van der Waals surface area contributed by atoms with Crippen LogP contribution in [0.4, 0.5) is 13.2 Å². The maximum Gasteiger partial charge on any atom is 0.389 e. The van der Waals surface area contributed by atoms with Gasteiger partial charge in [-0.05, 0) is 30.7 Å². The van der Waals surface area contributed by atoms with Gasteiger partial charge in [-0.1, -0.05) is 17.3 Å². The summed E-state index contributed by atoms with van der Waals surface area (Å²) in [5.74, 6) is 0.280. The van der Waals surface area contributed by atoms with E-state index in [0.29, 0.717) is 18.5 Å². The Labute approximate surface area is 113 Å². The number of nitrogens with zero attached hydrogens (tertiary/aromatic N) is 2. The Kier molecular flexibility index (Phi) is 4.39. The number of alkyl halides is 3. The van der Waals surface area contributed by atoms with E-state index >= 15 is 0 Å². The molecule has 4 nitrogen and oxygen atoms in total. The molecule has 108 valence electrons. The topological polar surface area (TPSA) is 64.9 Å². The van der Waals surface area contributed by atoms with Gasteiger partial charge in [0.1, 0.15) is 0 Å². The van der Waals surface area contributed by atoms with E-state index in [0.717, 1.165) is 5.56 Å². The van der Waals surface area contributed by atoms with Crippen molar-refractivity contribution < 1.29 is 17.7 Å². The van der Waals surface area contributed by atoms with Gasteiger partial charge in [-0.3, -0.25) is 0 Å². The second-order valence-electron chi connectivity index (χ2n) is 4.37. The minimum Gasteiger partial charge on any atom is -0.334 e. The lowest BCUT2D eigenvalue weighted by Gasteiger charge is -2.02. The number of hydrogen-bond donors (Lipinski definition) is 1. The zero-order valence-corrected chi connectivity index (χ0v) is 10.7. The van der Waals surface area contributed by atoms with Gasteiger partial charge in [-0.15, -0.1) is 0 Å². The molecular formula is C13H14F3N3O. The van der Waals surface area contributed by atoms with Crippen LogP contribution in [0.5, 0.6) is 0 Å². The lowest BCUT2D eigenvalue weighted by Crippen LogP contribution is -2.09. The molecule has 2 rings (SSSR count). The van der Waals surface area contributed by atoms with Gasteiger partial charge >= 0.3 is 6.18 Å². The molecule has 0 atom stereocenters. The Morgan fingerprint density at radius 3 is 2.70 bits per heavy atom. The molecule has 7 heteroatoms. The first-order chi connectivity index (χ1) is 9.48. The molecule has 1 aromatic carbocycles. The quantitative estimate of drug-likeness (QED) is 0.917. The van der Waals surface area contributed by atoms with Gasteiger partial charge in [0.25, 0.3) is 5.89 Å². The highest BCUT2D eigenvalue weighted by Crippen LogP contribution is 2.23. The normalized spacial score (nSPS) is 11.8. The Bertz CT molecular complexity index is 566. The van der Waals surface area contributed by atoms with Crippen LogP contribution < -0.4 is 5.73 Å². The number of benzene rings is 1. The van der Waals surface area contributed by atoms with Crippen LogP contribution >= 0.6 is 0 Å². The summed E-state index contributed by atoms with van der Waals surface area (Å²) in [4.78, 5) is 3.98. The van der Waals surface area contributed by atoms with E-state index in [1.54, 1.807) is 6.07 Å². The van der Waals surface area contributed by atoms with Crippen LogP contribution in [0.25, 0.3) is 11.5 Å². The fraction of sp³-hybridized carbons (Fsp3) is 0.385. The lowest BCUT2D eigenvalue weighted by atomic mass is 10.1. The molecule has 0 saturated heterocycles. The largest absolute Gasteiger partial charge is 0.389 e. The standard InChI is InChI=1S/C13H14F3N3O/c14-13(15,16)6-4-11-18-12(20-19-11)10-3-1-2-9(8-10)5-7-17/h1-3,8H,4-7,17H2. The Morgan fingerprint density at radius 1 is 1.20 bits per heavy atom. The van der Waals surface area contributed by atoms with Crippen molar-refractivity contribution in [3.8, 4) is 11.5 Å². The molecule has 0 unspecified atom stereocenters. The van der Waals surface area contributed by atoms with E-state index in [2.05, 4.69) is 10.1 Å². The average molecular weight is 285 g/mol. The third kappa shape index (κ3) is 4.06. The van der Waals surface area contributed by atoms with Gasteiger partial charge in [0.05, 0.1) is 6.42 Å². The number of aryl methyl sites for hydroxylation is 1. The Morgan fingerprint density at radius 2 is 2.00 bits per heavy atom. The summed E-state index contributed by atoms with van der Waals surface area (Å²) in [6.45, 7) is 0.518. The minimum atomic E-state index is -4.22. The van der Waals surface area contributed by atoms with Crippen molar-refractivity contribution in [2.24, 2.45) is 5.73 Å². The van der Waals surface area contributed by atoms with E-state index in [1.807, 2.05) is 18.2 Å². The molecule has 1 heterocycles. The zero-order valence-electron chi connectivity index (χ0n) is 10.7. The van der Waals surface area contributed by atoms with E-state index in [1.165, 1.54) is 0 Å². The number of hydrogen-bond acceptors (Lipinski definition) is 4. The lowest BCUT2D eigenvalue weighted by molar-refractivity contribution is -0.134. The van der Waals surface area contributed by atoms with E-state index in [4.69, 9.17) is 10.3 Å². The van der Waals surface area contributed by atoms with Gasteiger partial charge < -0.3 is 10.3 Å². The smallest absolute Gasteiger partial charge is 0.334 e. The summed E-state index contributed by atoms with van der Waals surface area (Å²) in [5, 5.41) is 3.56. The maximum absolute atomic E-state index is 12.1. The number of aromatic nitrogens is 2. The number of nitrogens with two attached hydrogens (primary N) is 1. The monoisotopic (exact) mass is 285 g/mol. The van der Waals surface area contributed by atoms with Crippen molar-refractivity contribution in [1.82, 2.24) is 10.1 Å². The molecule has 20 heavy (non-hydrogen) atoms. The van der Waals surface area contributed by atoms with Gasteiger partial charge in [0, 0.05) is 12.0 Å². The Balaban J connectivity index is 2.10. The molecule has 0 aliphatic heterocycles. The van der Waals surface area contributed by atoms with Crippen LogP contribution in [0, 0.1) is 0 Å². The fourth-order valence-corrected chi connectivity index (χ4v) is 1.75. The van der Waals surface area contributed by atoms with Crippen LogP contribution in [0.15, 0.2) is 28.8 Å². The molecule has 0 spiro atoms. The fourth-order valence-electron chi connectivity index (χ4n) is 1.75. The molecule has 0 aliphatic rings. The molecule has 2 aromatic rings. The van der Waals surface area contributed by atoms with Crippen molar-refractivity contribution in [1.29, 1.82) is 0 Å². The van der Waals surface area contributed by atoms with Gasteiger partial charge in [0.2, 0.25) is 0 Å². The zero-order chi connectivity index (χ0) is 14.6. The van der Waals surface area contributed by atoms with Crippen molar-refractivity contribution in [2.45, 2.75) is 25.4 Å². The molecule has 0 aliphatic carbocycles. The molecule has 1 aromatic heterocycles. The number of rotatable bonds is 5. The van der Waals surface area contributed by atoms with Crippen molar-refractivity contribution in [3.05, 3.63) is 35.7 Å². The van der Waals surface area contributed by atoms with Crippen LogP contribution in [0.3, 0.4) is 0 Å². The second kappa shape index (κ2) is 6.04. The highest BCUT2D eigenvalue weighted by Gasteiger charge is 2.27. The third-order valence-corrected chi connectivity index (χ3v) is 2.71. The van der Waals surface area contributed by atoms with Crippen molar-refractivity contribution >= 4 is 0 Å². The molecule has 0 amide bonds. The first kappa shape index (κ1) is 14.5. The molecule has 0 bridgehead atoms. The Hall–Kier alpha value is -1.89. The highest BCUT2D eigenvalue weighted by atomic mass is 19.4. The molecule has 2 N–H and O–H groups in total. The van der Waals surface area contributed by atoms with Crippen molar-refractivity contribution in [3.63, 3.8) is 0 Å². The molecule has 0 saturated carbocycles. The average Bonchev–Trinajstić information content (AvgIpc) is 2.85. The summed E-state index contributed by atoms with van der Waals surface area (Å²) in [5.41, 5.74) is 7.17. The van der Waals surface area contributed by atoms with Gasteiger partial charge in [0.15, 0.2) is 5.82 Å². The van der Waals surface area contributed by atoms with E-state index in [-0.39, 0.29) is 18.1 Å². The molecule has 0 radical (unpaired) electrons. The predicted octanol–water partition coefficient (Wildman–Crippen LogP) is 2.73. The molecular weight excluding hydrogens is 271 g/mol.